The second-order valence-corrected chi connectivity index (χ2v) is 12.8. The van der Waals surface area contributed by atoms with Crippen LogP contribution in [0.3, 0.4) is 0 Å². The van der Waals surface area contributed by atoms with Crippen molar-refractivity contribution < 1.29 is 26.4 Å². The van der Waals surface area contributed by atoms with Crippen molar-refractivity contribution in [2.75, 3.05) is 32.7 Å². The van der Waals surface area contributed by atoms with Gasteiger partial charge in [0.05, 0.1) is 22.9 Å². The number of sulfonamides is 2. The molecule has 0 unspecified atom stereocenters. The molecule has 0 spiro atoms. The molecule has 3 rings (SSSR count). The molecule has 12 heteroatoms. The SMILES string of the molecule is Cc1ccc(S(=O)(=O)N2CCCN(S(=O)(=O)c3ccc(C)cc3)CC(=O)N[C@H](C)CNC(=O)C2)cc1. The van der Waals surface area contributed by atoms with E-state index < -0.39 is 51.0 Å². The smallest absolute Gasteiger partial charge is 0.243 e. The lowest BCUT2D eigenvalue weighted by Crippen LogP contribution is -2.47. The van der Waals surface area contributed by atoms with Gasteiger partial charge in [0, 0.05) is 25.7 Å². The molecule has 1 heterocycles. The van der Waals surface area contributed by atoms with Gasteiger partial charge in [0.15, 0.2) is 0 Å². The van der Waals surface area contributed by atoms with Crippen molar-refractivity contribution in [2.45, 2.75) is 43.0 Å². The van der Waals surface area contributed by atoms with Gasteiger partial charge in [0.2, 0.25) is 31.9 Å². The van der Waals surface area contributed by atoms with E-state index in [2.05, 4.69) is 10.6 Å². The molecule has 196 valence electrons. The fourth-order valence-electron chi connectivity index (χ4n) is 3.73. The molecule has 10 nitrogen and oxygen atoms in total. The van der Waals surface area contributed by atoms with Crippen molar-refractivity contribution >= 4 is 31.9 Å². The number of carbonyl (C=O) groups excluding carboxylic acids is 2. The summed E-state index contributed by atoms with van der Waals surface area (Å²) in [6, 6.07) is 12.1. The number of nitrogens with zero attached hydrogens (tertiary/aromatic N) is 2. The summed E-state index contributed by atoms with van der Waals surface area (Å²) in [6.45, 7) is 4.32. The first-order valence-corrected chi connectivity index (χ1v) is 14.5. The largest absolute Gasteiger partial charge is 0.353 e. The molecular formula is C24H32N4O6S2. The fraction of sp³-hybridized carbons (Fsp3) is 0.417. The molecule has 0 aliphatic carbocycles. The van der Waals surface area contributed by atoms with Gasteiger partial charge in [0.1, 0.15) is 0 Å². The first-order chi connectivity index (χ1) is 16.9. The first-order valence-electron chi connectivity index (χ1n) is 11.6. The third-order valence-electron chi connectivity index (χ3n) is 5.79. The van der Waals surface area contributed by atoms with Gasteiger partial charge in [-0.3, -0.25) is 9.59 Å². The minimum absolute atomic E-state index is 0.0410. The van der Waals surface area contributed by atoms with Crippen LogP contribution in [-0.4, -0.2) is 76.0 Å². The molecule has 1 aliphatic heterocycles. The van der Waals surface area contributed by atoms with E-state index in [9.17, 15) is 26.4 Å². The maximum atomic E-state index is 13.3. The summed E-state index contributed by atoms with van der Waals surface area (Å²) in [7, 11) is -8.05. The van der Waals surface area contributed by atoms with E-state index in [4.69, 9.17) is 0 Å². The van der Waals surface area contributed by atoms with Crippen LogP contribution in [-0.2, 0) is 29.6 Å². The van der Waals surface area contributed by atoms with Gasteiger partial charge in [-0.2, -0.15) is 8.61 Å². The lowest BCUT2D eigenvalue weighted by molar-refractivity contribution is -0.123. The molecule has 0 saturated carbocycles. The molecule has 36 heavy (non-hydrogen) atoms. The van der Waals surface area contributed by atoms with Crippen molar-refractivity contribution in [1.82, 2.24) is 19.2 Å². The van der Waals surface area contributed by atoms with Crippen molar-refractivity contribution in [1.29, 1.82) is 0 Å². The zero-order valence-electron chi connectivity index (χ0n) is 20.6. The number of hydrogen-bond acceptors (Lipinski definition) is 6. The predicted molar refractivity (Wildman–Crippen MR) is 135 cm³/mol. The summed E-state index contributed by atoms with van der Waals surface area (Å²) >= 11 is 0. The number of amides is 2. The lowest BCUT2D eigenvalue weighted by Gasteiger charge is -2.24. The second-order valence-electron chi connectivity index (χ2n) is 8.93. The Morgan fingerprint density at radius 2 is 1.14 bits per heavy atom. The zero-order chi connectivity index (χ0) is 26.5. The molecule has 2 N–H and O–H groups in total. The van der Waals surface area contributed by atoms with Gasteiger partial charge in [-0.25, -0.2) is 16.8 Å². The molecule has 1 aliphatic rings. The Balaban J connectivity index is 1.92. The summed E-state index contributed by atoms with van der Waals surface area (Å²) in [5, 5.41) is 5.32. The highest BCUT2D eigenvalue weighted by Gasteiger charge is 2.30. The van der Waals surface area contributed by atoms with Crippen LogP contribution in [0.1, 0.15) is 24.5 Å². The van der Waals surface area contributed by atoms with Crippen LogP contribution in [0.2, 0.25) is 0 Å². The minimum Gasteiger partial charge on any atom is -0.353 e. The number of rotatable bonds is 4. The normalized spacial score (nSPS) is 19.9. The number of nitrogens with one attached hydrogen (secondary N) is 2. The van der Waals surface area contributed by atoms with Crippen LogP contribution < -0.4 is 10.6 Å². The number of hydrogen-bond donors (Lipinski definition) is 2. The quantitative estimate of drug-likeness (QED) is 0.599. The van der Waals surface area contributed by atoms with Crippen LogP contribution in [0.15, 0.2) is 58.3 Å². The van der Waals surface area contributed by atoms with E-state index in [1.54, 1.807) is 31.2 Å². The summed E-state index contributed by atoms with van der Waals surface area (Å²) in [5.41, 5.74) is 1.78. The molecular weight excluding hydrogens is 504 g/mol. The van der Waals surface area contributed by atoms with Crippen molar-refractivity contribution in [3.8, 4) is 0 Å². The minimum atomic E-state index is -4.03. The van der Waals surface area contributed by atoms with Crippen LogP contribution >= 0.6 is 0 Å². The maximum Gasteiger partial charge on any atom is 0.243 e. The van der Waals surface area contributed by atoms with Crippen molar-refractivity contribution in [2.24, 2.45) is 0 Å². The van der Waals surface area contributed by atoms with Crippen molar-refractivity contribution in [3.63, 3.8) is 0 Å². The highest BCUT2D eigenvalue weighted by atomic mass is 32.2. The molecule has 2 aromatic carbocycles. The monoisotopic (exact) mass is 536 g/mol. The average Bonchev–Trinajstić information content (AvgIpc) is 2.82. The summed E-state index contributed by atoms with van der Waals surface area (Å²) < 4.78 is 55.4. The van der Waals surface area contributed by atoms with E-state index in [1.165, 1.54) is 24.3 Å². The number of carbonyl (C=O) groups is 2. The topological polar surface area (TPSA) is 133 Å². The molecule has 0 radical (unpaired) electrons. The van der Waals surface area contributed by atoms with Gasteiger partial charge in [-0.15, -0.1) is 0 Å². The van der Waals surface area contributed by atoms with Crippen LogP contribution in [0, 0.1) is 13.8 Å². The van der Waals surface area contributed by atoms with Gasteiger partial charge < -0.3 is 10.6 Å². The Labute approximate surface area is 212 Å². The van der Waals surface area contributed by atoms with Gasteiger partial charge in [-0.05, 0) is 51.5 Å². The Kier molecular flexibility index (Phi) is 8.88. The fourth-order valence-corrected chi connectivity index (χ4v) is 6.59. The van der Waals surface area contributed by atoms with E-state index >= 15 is 0 Å². The van der Waals surface area contributed by atoms with E-state index in [-0.39, 0.29) is 35.8 Å². The Morgan fingerprint density at radius 1 is 0.722 bits per heavy atom. The van der Waals surface area contributed by atoms with E-state index in [0.29, 0.717) is 0 Å². The van der Waals surface area contributed by atoms with Crippen LogP contribution in [0.5, 0.6) is 0 Å². The molecule has 1 saturated heterocycles. The van der Waals surface area contributed by atoms with Crippen molar-refractivity contribution in [3.05, 3.63) is 59.7 Å². The maximum absolute atomic E-state index is 13.3. The Bertz CT molecular complexity index is 1290. The number of aryl methyl sites for hydroxylation is 2. The van der Waals surface area contributed by atoms with Crippen LogP contribution in [0.4, 0.5) is 0 Å². The zero-order valence-corrected chi connectivity index (χ0v) is 22.2. The molecule has 2 amide bonds. The van der Waals surface area contributed by atoms with E-state index in [0.717, 1.165) is 19.7 Å². The molecule has 1 fully saturated rings. The summed E-state index contributed by atoms with van der Waals surface area (Å²) in [5.74, 6) is -1.04. The highest BCUT2D eigenvalue weighted by molar-refractivity contribution is 7.89. The third-order valence-corrected chi connectivity index (χ3v) is 9.50. The standard InChI is InChI=1S/C24H32N4O6S2/c1-18-5-9-21(10-6-18)35(31,32)27-13-4-14-28(36(33,34)22-11-7-19(2)8-12-22)17-24(30)26-20(3)15-25-23(29)16-27/h5-12,20H,4,13-17H2,1-3H3,(H,25,29)(H,26,30)/t20-/m1/s1. The third kappa shape index (κ3) is 6.90. The average molecular weight is 537 g/mol. The lowest BCUT2D eigenvalue weighted by atomic mass is 10.2. The first kappa shape index (κ1) is 27.8. The molecule has 1 atom stereocenters. The second kappa shape index (κ2) is 11.5. The Hall–Kier alpha value is -2.80. The Morgan fingerprint density at radius 3 is 1.58 bits per heavy atom. The summed E-state index contributed by atoms with van der Waals surface area (Å²) in [6.07, 6.45) is 0.0757. The molecule has 0 aromatic heterocycles. The number of benzene rings is 2. The van der Waals surface area contributed by atoms with Gasteiger partial charge in [0.25, 0.3) is 0 Å². The highest BCUT2D eigenvalue weighted by Crippen LogP contribution is 2.19. The van der Waals surface area contributed by atoms with Gasteiger partial charge >= 0.3 is 0 Å². The van der Waals surface area contributed by atoms with Crippen LogP contribution in [0.25, 0.3) is 0 Å². The van der Waals surface area contributed by atoms with E-state index in [1.807, 2.05) is 13.8 Å². The predicted octanol–water partition coefficient (Wildman–Crippen LogP) is 1.01. The molecule has 0 bridgehead atoms. The molecule has 2 aromatic rings. The summed E-state index contributed by atoms with van der Waals surface area (Å²) in [4.78, 5) is 25.3. The van der Waals surface area contributed by atoms with Gasteiger partial charge in [-0.1, -0.05) is 35.4 Å².